The number of hydrogen-bond acceptors (Lipinski definition) is 1. The van der Waals surface area contributed by atoms with Crippen molar-refractivity contribution in [2.24, 2.45) is 0 Å². The topological polar surface area (TPSA) is 12.0 Å². The largest absolute Gasteiger partial charge is 0.361 e. The molecule has 0 bridgehead atoms. The van der Waals surface area contributed by atoms with Gasteiger partial charge in [-0.1, -0.05) is 48.0 Å². The Kier molecular flexibility index (Phi) is 3.83. The van der Waals surface area contributed by atoms with E-state index in [0.29, 0.717) is 0 Å². The van der Waals surface area contributed by atoms with Crippen LogP contribution in [-0.4, -0.2) is 0 Å². The van der Waals surface area contributed by atoms with Crippen molar-refractivity contribution in [1.82, 2.24) is 0 Å². The van der Waals surface area contributed by atoms with Gasteiger partial charge in [0.1, 0.15) is 0 Å². The zero-order valence-electron chi connectivity index (χ0n) is 11.2. The molecule has 0 atom stereocenters. The molecule has 0 aliphatic rings. The van der Waals surface area contributed by atoms with Gasteiger partial charge >= 0.3 is 0 Å². The third-order valence-corrected chi connectivity index (χ3v) is 3.10. The molecule has 0 saturated carbocycles. The van der Waals surface area contributed by atoms with Crippen molar-refractivity contribution in [3.8, 4) is 0 Å². The highest BCUT2D eigenvalue weighted by Crippen LogP contribution is 2.17. The van der Waals surface area contributed by atoms with E-state index in [2.05, 4.69) is 74.8 Å². The number of allylic oxidation sites excluding steroid dienone is 1. The minimum Gasteiger partial charge on any atom is -0.361 e. The Hall–Kier alpha value is -2.02. The zero-order chi connectivity index (χ0) is 13.0. The summed E-state index contributed by atoms with van der Waals surface area (Å²) < 4.78 is 0. The fraction of sp³-hybridized carbons (Fsp3) is 0.176. The summed E-state index contributed by atoms with van der Waals surface area (Å²) in [4.78, 5) is 0. The second kappa shape index (κ2) is 5.54. The molecular weight excluding hydrogens is 218 g/mol. The minimum atomic E-state index is 1.16. The highest BCUT2D eigenvalue weighted by molar-refractivity contribution is 5.67. The van der Waals surface area contributed by atoms with Crippen LogP contribution in [0.4, 0.5) is 5.69 Å². The van der Waals surface area contributed by atoms with Crippen molar-refractivity contribution in [1.29, 1.82) is 0 Å². The van der Waals surface area contributed by atoms with Gasteiger partial charge in [0.15, 0.2) is 0 Å². The van der Waals surface area contributed by atoms with Gasteiger partial charge in [0, 0.05) is 11.9 Å². The number of para-hydroxylation sites is 1. The van der Waals surface area contributed by atoms with E-state index < -0.39 is 0 Å². The molecule has 0 spiro atoms. The van der Waals surface area contributed by atoms with Crippen LogP contribution in [-0.2, 0) is 0 Å². The summed E-state index contributed by atoms with van der Waals surface area (Å²) >= 11 is 0. The van der Waals surface area contributed by atoms with Crippen molar-refractivity contribution < 1.29 is 0 Å². The molecule has 1 heteroatoms. The molecule has 0 fully saturated rings. The second-order valence-electron chi connectivity index (χ2n) is 4.65. The van der Waals surface area contributed by atoms with E-state index in [9.17, 15) is 0 Å². The SMILES string of the molecule is C/C(=C\Nc1ccccc1C)c1ccc(C)cc1. The lowest BCUT2D eigenvalue weighted by atomic mass is 10.1. The lowest BCUT2D eigenvalue weighted by Gasteiger charge is -2.07. The fourth-order valence-corrected chi connectivity index (χ4v) is 1.82. The van der Waals surface area contributed by atoms with Crippen LogP contribution in [0.25, 0.3) is 5.57 Å². The van der Waals surface area contributed by atoms with Crippen molar-refractivity contribution >= 4 is 11.3 Å². The summed E-state index contributed by atoms with van der Waals surface area (Å²) in [5.41, 5.74) is 6.19. The second-order valence-corrected chi connectivity index (χ2v) is 4.65. The first-order chi connectivity index (χ1) is 8.66. The number of anilines is 1. The Morgan fingerprint density at radius 1 is 0.944 bits per heavy atom. The molecule has 0 radical (unpaired) electrons. The van der Waals surface area contributed by atoms with Gasteiger partial charge in [0.2, 0.25) is 0 Å². The molecule has 0 unspecified atom stereocenters. The molecule has 0 amide bonds. The van der Waals surface area contributed by atoms with Gasteiger partial charge in [-0.25, -0.2) is 0 Å². The van der Waals surface area contributed by atoms with E-state index in [1.165, 1.54) is 22.3 Å². The molecule has 2 rings (SSSR count). The van der Waals surface area contributed by atoms with E-state index in [1.54, 1.807) is 0 Å². The molecule has 0 aliphatic carbocycles. The molecule has 2 aromatic rings. The van der Waals surface area contributed by atoms with Crippen LogP contribution in [0.5, 0.6) is 0 Å². The zero-order valence-corrected chi connectivity index (χ0v) is 11.2. The predicted molar refractivity (Wildman–Crippen MR) is 79.6 cm³/mol. The summed E-state index contributed by atoms with van der Waals surface area (Å²) in [6.07, 6.45) is 2.06. The first kappa shape index (κ1) is 12.4. The van der Waals surface area contributed by atoms with E-state index in [-0.39, 0.29) is 0 Å². The fourth-order valence-electron chi connectivity index (χ4n) is 1.82. The summed E-state index contributed by atoms with van der Waals surface area (Å²) in [7, 11) is 0. The highest BCUT2D eigenvalue weighted by Gasteiger charge is 1.96. The van der Waals surface area contributed by atoms with Crippen LogP contribution in [0, 0.1) is 13.8 Å². The lowest BCUT2D eigenvalue weighted by Crippen LogP contribution is -1.92. The van der Waals surface area contributed by atoms with Crippen LogP contribution in [0.3, 0.4) is 0 Å². The number of rotatable bonds is 3. The monoisotopic (exact) mass is 237 g/mol. The molecule has 0 saturated heterocycles. The molecule has 0 aliphatic heterocycles. The molecule has 2 aromatic carbocycles. The molecule has 1 N–H and O–H groups in total. The summed E-state index contributed by atoms with van der Waals surface area (Å²) in [6.45, 7) is 6.34. The van der Waals surface area contributed by atoms with Crippen molar-refractivity contribution in [3.05, 3.63) is 71.4 Å². The number of nitrogens with one attached hydrogen (secondary N) is 1. The maximum atomic E-state index is 3.36. The maximum Gasteiger partial charge on any atom is 0.0409 e. The van der Waals surface area contributed by atoms with Crippen molar-refractivity contribution in [2.75, 3.05) is 5.32 Å². The molecule has 0 heterocycles. The Morgan fingerprint density at radius 3 is 2.28 bits per heavy atom. The smallest absolute Gasteiger partial charge is 0.0409 e. The summed E-state index contributed by atoms with van der Waals surface area (Å²) in [5.74, 6) is 0. The van der Waals surface area contributed by atoms with Gasteiger partial charge in [-0.15, -0.1) is 0 Å². The standard InChI is InChI=1S/C17H19N/c1-13-8-10-16(11-9-13)15(3)12-18-17-7-5-4-6-14(17)2/h4-12,18H,1-3H3/b15-12+. The van der Waals surface area contributed by atoms with Gasteiger partial charge < -0.3 is 5.32 Å². The van der Waals surface area contributed by atoms with Crippen LogP contribution in [0.15, 0.2) is 54.7 Å². The van der Waals surface area contributed by atoms with Gasteiger partial charge in [0.05, 0.1) is 0 Å². The van der Waals surface area contributed by atoms with Crippen LogP contribution in [0.1, 0.15) is 23.6 Å². The first-order valence-corrected chi connectivity index (χ1v) is 6.23. The van der Waals surface area contributed by atoms with Crippen molar-refractivity contribution in [2.45, 2.75) is 20.8 Å². The number of hydrogen-bond donors (Lipinski definition) is 1. The van der Waals surface area contributed by atoms with E-state index >= 15 is 0 Å². The third-order valence-electron chi connectivity index (χ3n) is 3.10. The van der Waals surface area contributed by atoms with Gasteiger partial charge in [-0.3, -0.25) is 0 Å². The van der Waals surface area contributed by atoms with E-state index in [1.807, 2.05) is 6.07 Å². The predicted octanol–water partition coefficient (Wildman–Crippen LogP) is 4.78. The maximum absolute atomic E-state index is 3.36. The van der Waals surface area contributed by atoms with Crippen LogP contribution < -0.4 is 5.32 Å². The Morgan fingerprint density at radius 2 is 1.61 bits per heavy atom. The number of benzene rings is 2. The van der Waals surface area contributed by atoms with E-state index in [4.69, 9.17) is 0 Å². The Bertz CT molecular complexity index is 550. The molecular formula is C17H19N. The van der Waals surface area contributed by atoms with Gasteiger partial charge in [-0.2, -0.15) is 0 Å². The number of aryl methyl sites for hydroxylation is 2. The van der Waals surface area contributed by atoms with E-state index in [0.717, 1.165) is 5.69 Å². The average molecular weight is 237 g/mol. The van der Waals surface area contributed by atoms with Crippen LogP contribution >= 0.6 is 0 Å². The minimum absolute atomic E-state index is 1.16. The highest BCUT2D eigenvalue weighted by atomic mass is 14.8. The van der Waals surface area contributed by atoms with Crippen LogP contribution in [0.2, 0.25) is 0 Å². The lowest BCUT2D eigenvalue weighted by molar-refractivity contribution is 1.42. The molecule has 92 valence electrons. The quantitative estimate of drug-likeness (QED) is 0.810. The normalized spacial score (nSPS) is 11.4. The average Bonchev–Trinajstić information content (AvgIpc) is 2.38. The first-order valence-electron chi connectivity index (χ1n) is 6.23. The van der Waals surface area contributed by atoms with Gasteiger partial charge in [0.25, 0.3) is 0 Å². The Balaban J connectivity index is 2.14. The summed E-state index contributed by atoms with van der Waals surface area (Å²) in [6, 6.07) is 16.9. The summed E-state index contributed by atoms with van der Waals surface area (Å²) in [5, 5.41) is 3.36. The third kappa shape index (κ3) is 3.01. The van der Waals surface area contributed by atoms with Crippen molar-refractivity contribution in [3.63, 3.8) is 0 Å². The molecule has 1 nitrogen and oxygen atoms in total. The molecule has 18 heavy (non-hydrogen) atoms. The van der Waals surface area contributed by atoms with Gasteiger partial charge in [-0.05, 0) is 43.5 Å². The molecule has 0 aromatic heterocycles. The Labute approximate surface area is 109 Å².